The molecule has 0 aliphatic heterocycles. The lowest BCUT2D eigenvalue weighted by Gasteiger charge is -2.37. The lowest BCUT2D eigenvalue weighted by atomic mass is 9.75. The second kappa shape index (κ2) is 6.59. The highest BCUT2D eigenvalue weighted by Gasteiger charge is 2.35. The molecular formula is C17H28N4O2. The van der Waals surface area contributed by atoms with Crippen LogP contribution in [0.3, 0.4) is 0 Å². The average molecular weight is 320 g/mol. The number of hydrogen-bond acceptors (Lipinski definition) is 5. The van der Waals surface area contributed by atoms with E-state index in [9.17, 15) is 4.79 Å². The highest BCUT2D eigenvalue weighted by molar-refractivity contribution is 5.81. The van der Waals surface area contributed by atoms with Gasteiger partial charge < -0.3 is 15.1 Å². The van der Waals surface area contributed by atoms with Crippen molar-refractivity contribution in [3.05, 3.63) is 12.3 Å². The molecule has 1 aromatic heterocycles. The highest BCUT2D eigenvalue weighted by Crippen LogP contribution is 2.36. The molecule has 2 aliphatic rings. The molecule has 2 N–H and O–H groups in total. The van der Waals surface area contributed by atoms with Gasteiger partial charge in [-0.3, -0.25) is 4.79 Å². The summed E-state index contributed by atoms with van der Waals surface area (Å²) >= 11 is 0. The molecule has 2 aliphatic carbocycles. The van der Waals surface area contributed by atoms with Crippen LogP contribution in [0.25, 0.3) is 0 Å². The summed E-state index contributed by atoms with van der Waals surface area (Å²) in [5.41, 5.74) is 0.458. The fourth-order valence-electron chi connectivity index (χ4n) is 3.62. The van der Waals surface area contributed by atoms with Crippen LogP contribution in [0.1, 0.15) is 71.1 Å². The van der Waals surface area contributed by atoms with Gasteiger partial charge in [0.05, 0.1) is 6.04 Å². The van der Waals surface area contributed by atoms with E-state index in [2.05, 4.69) is 34.7 Å². The first kappa shape index (κ1) is 16.4. The van der Waals surface area contributed by atoms with Crippen molar-refractivity contribution in [2.75, 3.05) is 0 Å². The lowest BCUT2D eigenvalue weighted by Crippen LogP contribution is -2.52. The highest BCUT2D eigenvalue weighted by atomic mass is 16.4. The number of hydrogen-bond donors (Lipinski definition) is 2. The van der Waals surface area contributed by atoms with E-state index in [4.69, 9.17) is 4.42 Å². The molecule has 6 heteroatoms. The average Bonchev–Trinajstić information content (AvgIpc) is 2.98. The van der Waals surface area contributed by atoms with Crippen LogP contribution in [0.4, 0.5) is 0 Å². The molecule has 0 bridgehead atoms. The molecule has 0 aromatic carbocycles. The van der Waals surface area contributed by atoms with Crippen molar-refractivity contribution < 1.29 is 9.21 Å². The fourth-order valence-corrected chi connectivity index (χ4v) is 3.62. The summed E-state index contributed by atoms with van der Waals surface area (Å²) in [6, 6.07) is 0.564. The van der Waals surface area contributed by atoms with Gasteiger partial charge in [0, 0.05) is 18.0 Å². The van der Waals surface area contributed by atoms with Gasteiger partial charge >= 0.3 is 0 Å². The molecule has 128 valence electrons. The monoisotopic (exact) mass is 320 g/mol. The fraction of sp³-hybridized carbons (Fsp3) is 0.824. The van der Waals surface area contributed by atoms with E-state index in [0.717, 1.165) is 25.7 Å². The summed E-state index contributed by atoms with van der Waals surface area (Å²) in [4.78, 5) is 12.3. The minimum atomic E-state index is -0.135. The van der Waals surface area contributed by atoms with Crippen molar-refractivity contribution in [3.63, 3.8) is 0 Å². The molecule has 6 nitrogen and oxygen atoms in total. The summed E-state index contributed by atoms with van der Waals surface area (Å²) in [5.74, 6) is 1.09. The zero-order valence-electron chi connectivity index (χ0n) is 14.3. The van der Waals surface area contributed by atoms with Gasteiger partial charge in [-0.25, -0.2) is 0 Å². The molecule has 2 fully saturated rings. The molecule has 1 aromatic rings. The Bertz CT molecular complexity index is 513. The third-order valence-electron chi connectivity index (χ3n) is 5.43. The van der Waals surface area contributed by atoms with Gasteiger partial charge in [0.1, 0.15) is 0 Å². The van der Waals surface area contributed by atoms with Crippen molar-refractivity contribution in [2.45, 2.75) is 83.3 Å². The number of nitrogens with zero attached hydrogens (tertiary/aromatic N) is 2. The van der Waals surface area contributed by atoms with Crippen LogP contribution in [0.2, 0.25) is 0 Å². The third kappa shape index (κ3) is 4.10. The van der Waals surface area contributed by atoms with Crippen LogP contribution >= 0.6 is 0 Å². The molecule has 0 unspecified atom stereocenters. The SMILES string of the molecule is C[C@@H](NC1CCC(C)(C)CC1)C(=O)NC1CC(c2nnco2)C1. The molecular weight excluding hydrogens is 292 g/mol. The van der Waals surface area contributed by atoms with E-state index >= 15 is 0 Å². The van der Waals surface area contributed by atoms with Gasteiger partial charge in [0.25, 0.3) is 0 Å². The molecule has 0 spiro atoms. The Morgan fingerprint density at radius 3 is 2.61 bits per heavy atom. The van der Waals surface area contributed by atoms with Crippen molar-refractivity contribution in [2.24, 2.45) is 5.41 Å². The van der Waals surface area contributed by atoms with E-state index in [1.807, 2.05) is 6.92 Å². The Morgan fingerprint density at radius 1 is 1.30 bits per heavy atom. The van der Waals surface area contributed by atoms with Crippen molar-refractivity contribution >= 4 is 5.91 Å². The Kier molecular flexibility index (Phi) is 4.71. The number of rotatable bonds is 5. The molecule has 1 amide bonds. The van der Waals surface area contributed by atoms with E-state index in [-0.39, 0.29) is 18.0 Å². The van der Waals surface area contributed by atoms with Gasteiger partial charge in [0.15, 0.2) is 0 Å². The Labute approximate surface area is 137 Å². The third-order valence-corrected chi connectivity index (χ3v) is 5.43. The van der Waals surface area contributed by atoms with Gasteiger partial charge in [-0.05, 0) is 50.9 Å². The van der Waals surface area contributed by atoms with E-state index in [0.29, 0.717) is 23.3 Å². The first-order valence-corrected chi connectivity index (χ1v) is 8.75. The second-order valence-electron chi connectivity index (χ2n) is 7.98. The maximum atomic E-state index is 12.3. The van der Waals surface area contributed by atoms with Crippen LogP contribution in [-0.4, -0.2) is 34.2 Å². The maximum absolute atomic E-state index is 12.3. The number of aromatic nitrogens is 2. The van der Waals surface area contributed by atoms with Gasteiger partial charge in [-0.15, -0.1) is 10.2 Å². The number of amides is 1. The lowest BCUT2D eigenvalue weighted by molar-refractivity contribution is -0.124. The first-order valence-electron chi connectivity index (χ1n) is 8.75. The normalized spacial score (nSPS) is 28.8. The van der Waals surface area contributed by atoms with Crippen LogP contribution in [0.15, 0.2) is 10.8 Å². The molecule has 1 heterocycles. The van der Waals surface area contributed by atoms with Crippen LogP contribution < -0.4 is 10.6 Å². The van der Waals surface area contributed by atoms with E-state index in [1.165, 1.54) is 19.2 Å². The zero-order valence-corrected chi connectivity index (χ0v) is 14.3. The molecule has 0 radical (unpaired) electrons. The molecule has 3 rings (SSSR count). The standard InChI is InChI=1S/C17H28N4O2/c1-11(19-13-4-6-17(2,3)7-5-13)15(22)20-14-8-12(9-14)16-21-18-10-23-16/h10-14,19H,4-9H2,1-3H3,(H,20,22)/t11-,12?,14?/m1/s1. The maximum Gasteiger partial charge on any atom is 0.237 e. The number of carbonyl (C=O) groups excluding carboxylic acids is 1. The smallest absolute Gasteiger partial charge is 0.237 e. The van der Waals surface area contributed by atoms with Gasteiger partial charge in [-0.2, -0.15) is 0 Å². The zero-order chi connectivity index (χ0) is 16.4. The van der Waals surface area contributed by atoms with E-state index < -0.39 is 0 Å². The van der Waals surface area contributed by atoms with Gasteiger partial charge in [0.2, 0.25) is 18.2 Å². The van der Waals surface area contributed by atoms with Crippen LogP contribution in [0.5, 0.6) is 0 Å². The summed E-state index contributed by atoms with van der Waals surface area (Å²) in [6.45, 7) is 6.62. The minimum absolute atomic E-state index is 0.101. The van der Waals surface area contributed by atoms with Crippen molar-refractivity contribution in [1.29, 1.82) is 0 Å². The minimum Gasteiger partial charge on any atom is -0.428 e. The van der Waals surface area contributed by atoms with Gasteiger partial charge in [-0.1, -0.05) is 13.8 Å². The van der Waals surface area contributed by atoms with E-state index in [1.54, 1.807) is 0 Å². The Morgan fingerprint density at radius 2 is 2.00 bits per heavy atom. The Hall–Kier alpha value is -1.43. The molecule has 23 heavy (non-hydrogen) atoms. The van der Waals surface area contributed by atoms with Crippen molar-refractivity contribution in [1.82, 2.24) is 20.8 Å². The topological polar surface area (TPSA) is 80.0 Å². The summed E-state index contributed by atoms with van der Waals surface area (Å²) in [7, 11) is 0. The quantitative estimate of drug-likeness (QED) is 0.870. The first-order chi connectivity index (χ1) is 10.9. The summed E-state index contributed by atoms with van der Waals surface area (Å²) in [5, 5.41) is 14.3. The molecule has 2 saturated carbocycles. The predicted octanol–water partition coefficient (Wildman–Crippen LogP) is 2.38. The number of nitrogens with one attached hydrogen (secondary N) is 2. The largest absolute Gasteiger partial charge is 0.428 e. The predicted molar refractivity (Wildman–Crippen MR) is 86.8 cm³/mol. The second-order valence-corrected chi connectivity index (χ2v) is 7.98. The molecule has 1 atom stereocenters. The van der Waals surface area contributed by atoms with Crippen LogP contribution in [-0.2, 0) is 4.79 Å². The Balaban J connectivity index is 1.37. The number of carbonyl (C=O) groups is 1. The van der Waals surface area contributed by atoms with Crippen molar-refractivity contribution in [3.8, 4) is 0 Å². The van der Waals surface area contributed by atoms with Crippen LogP contribution in [0, 0.1) is 5.41 Å². The summed E-state index contributed by atoms with van der Waals surface area (Å²) in [6.07, 6.45) is 7.91. The summed E-state index contributed by atoms with van der Waals surface area (Å²) < 4.78 is 5.21. The molecule has 0 saturated heterocycles.